The second-order valence-corrected chi connectivity index (χ2v) is 11.0. The number of ether oxygens (including phenoxy) is 1. The molecule has 0 bridgehead atoms. The molecule has 2 amide bonds. The molecule has 0 aliphatic rings. The standard InChI is InChI=1S/C28H32ClN3O5S/c1-5-30-28(34)21(3)31(18-22-10-8-11-24(17-22)37-4)27(33)19-32(26-12-7-6-9-20(26)2)38(35,36)25-15-13-23(29)14-16-25/h6-17,21H,5,18-19H2,1-4H3,(H,30,34)/t21-/m0/s1. The molecule has 38 heavy (non-hydrogen) atoms. The Hall–Kier alpha value is -3.56. The summed E-state index contributed by atoms with van der Waals surface area (Å²) in [5.74, 6) is -0.272. The number of rotatable bonds is 11. The van der Waals surface area contributed by atoms with Crippen LogP contribution in [-0.2, 0) is 26.2 Å². The summed E-state index contributed by atoms with van der Waals surface area (Å²) >= 11 is 5.98. The van der Waals surface area contributed by atoms with Gasteiger partial charge in [0.1, 0.15) is 18.3 Å². The molecular weight excluding hydrogens is 526 g/mol. The van der Waals surface area contributed by atoms with Crippen LogP contribution in [0.1, 0.15) is 25.0 Å². The molecule has 0 spiro atoms. The highest BCUT2D eigenvalue weighted by Crippen LogP contribution is 2.28. The lowest BCUT2D eigenvalue weighted by Crippen LogP contribution is -2.51. The number of nitrogens with zero attached hydrogens (tertiary/aromatic N) is 2. The SMILES string of the molecule is CCNC(=O)[C@H](C)N(Cc1cccc(OC)c1)C(=O)CN(c1ccccc1C)S(=O)(=O)c1ccc(Cl)cc1. The van der Waals surface area contributed by atoms with Gasteiger partial charge in [-0.05, 0) is 74.4 Å². The maximum atomic E-state index is 13.9. The van der Waals surface area contributed by atoms with E-state index in [-0.39, 0.29) is 17.3 Å². The van der Waals surface area contributed by atoms with Gasteiger partial charge in [-0.1, -0.05) is 41.9 Å². The van der Waals surface area contributed by atoms with Crippen molar-refractivity contribution >= 4 is 39.1 Å². The number of hydrogen-bond donors (Lipinski definition) is 1. The van der Waals surface area contributed by atoms with Crippen LogP contribution in [0, 0.1) is 6.92 Å². The first-order chi connectivity index (χ1) is 18.1. The van der Waals surface area contributed by atoms with E-state index >= 15 is 0 Å². The predicted molar refractivity (Wildman–Crippen MR) is 149 cm³/mol. The highest BCUT2D eigenvalue weighted by Gasteiger charge is 2.33. The van der Waals surface area contributed by atoms with E-state index < -0.39 is 28.5 Å². The summed E-state index contributed by atoms with van der Waals surface area (Å²) in [5.41, 5.74) is 1.77. The van der Waals surface area contributed by atoms with Crippen molar-refractivity contribution in [1.82, 2.24) is 10.2 Å². The predicted octanol–water partition coefficient (Wildman–Crippen LogP) is 4.41. The molecule has 0 aliphatic heterocycles. The lowest BCUT2D eigenvalue weighted by molar-refractivity contribution is -0.139. The number of anilines is 1. The van der Waals surface area contributed by atoms with Crippen LogP contribution in [0.2, 0.25) is 5.02 Å². The summed E-state index contributed by atoms with van der Waals surface area (Å²) in [4.78, 5) is 28.0. The van der Waals surface area contributed by atoms with Gasteiger partial charge in [0.15, 0.2) is 0 Å². The zero-order valence-electron chi connectivity index (χ0n) is 21.8. The fraction of sp³-hybridized carbons (Fsp3) is 0.286. The number of para-hydroxylation sites is 1. The summed E-state index contributed by atoms with van der Waals surface area (Å²) in [6, 6.07) is 19.0. The van der Waals surface area contributed by atoms with E-state index in [1.807, 2.05) is 6.07 Å². The maximum absolute atomic E-state index is 13.9. The molecule has 0 aromatic heterocycles. The molecule has 0 fully saturated rings. The van der Waals surface area contributed by atoms with Gasteiger partial charge in [0.2, 0.25) is 11.8 Å². The molecule has 8 nitrogen and oxygen atoms in total. The fourth-order valence-corrected chi connectivity index (χ4v) is 5.57. The topological polar surface area (TPSA) is 96.0 Å². The summed E-state index contributed by atoms with van der Waals surface area (Å²) < 4.78 is 34.0. The summed E-state index contributed by atoms with van der Waals surface area (Å²) in [6.07, 6.45) is 0. The molecule has 1 N–H and O–H groups in total. The number of methoxy groups -OCH3 is 1. The third kappa shape index (κ3) is 6.85. The van der Waals surface area contributed by atoms with E-state index in [0.29, 0.717) is 28.6 Å². The van der Waals surface area contributed by atoms with Crippen molar-refractivity contribution in [3.63, 3.8) is 0 Å². The second kappa shape index (κ2) is 12.8. The number of amides is 2. The van der Waals surface area contributed by atoms with E-state index in [4.69, 9.17) is 16.3 Å². The Morgan fingerprint density at radius 3 is 2.34 bits per heavy atom. The van der Waals surface area contributed by atoms with Crippen LogP contribution < -0.4 is 14.4 Å². The van der Waals surface area contributed by atoms with E-state index in [2.05, 4.69) is 5.32 Å². The van der Waals surface area contributed by atoms with Crippen molar-refractivity contribution < 1.29 is 22.7 Å². The Bertz CT molecular complexity index is 1380. The van der Waals surface area contributed by atoms with Crippen LogP contribution in [0.3, 0.4) is 0 Å². The van der Waals surface area contributed by atoms with Gasteiger partial charge in [0, 0.05) is 18.1 Å². The number of benzene rings is 3. The number of halogens is 1. The van der Waals surface area contributed by atoms with Gasteiger partial charge in [-0.3, -0.25) is 13.9 Å². The van der Waals surface area contributed by atoms with Crippen molar-refractivity contribution in [2.75, 3.05) is 24.5 Å². The first-order valence-electron chi connectivity index (χ1n) is 12.1. The zero-order valence-corrected chi connectivity index (χ0v) is 23.4. The molecule has 0 saturated heterocycles. The summed E-state index contributed by atoms with van der Waals surface area (Å²) in [6.45, 7) is 5.15. The molecule has 3 rings (SSSR count). The molecule has 0 radical (unpaired) electrons. The van der Waals surface area contributed by atoms with Crippen LogP contribution in [0.15, 0.2) is 77.7 Å². The van der Waals surface area contributed by atoms with Crippen molar-refractivity contribution in [3.8, 4) is 5.75 Å². The number of likely N-dealkylation sites (N-methyl/N-ethyl adjacent to an activating group) is 1. The number of carbonyl (C=O) groups is 2. The van der Waals surface area contributed by atoms with Crippen molar-refractivity contribution in [1.29, 1.82) is 0 Å². The van der Waals surface area contributed by atoms with E-state index in [9.17, 15) is 18.0 Å². The van der Waals surface area contributed by atoms with Crippen molar-refractivity contribution in [2.45, 2.75) is 38.3 Å². The second-order valence-electron chi connectivity index (χ2n) is 8.70. The summed E-state index contributed by atoms with van der Waals surface area (Å²) in [5, 5.41) is 3.13. The molecule has 1 atom stereocenters. The number of nitrogens with one attached hydrogen (secondary N) is 1. The van der Waals surface area contributed by atoms with Crippen LogP contribution in [0.25, 0.3) is 0 Å². The number of hydrogen-bond acceptors (Lipinski definition) is 5. The molecule has 3 aromatic carbocycles. The Morgan fingerprint density at radius 1 is 1.03 bits per heavy atom. The normalized spacial score (nSPS) is 11.9. The quantitative estimate of drug-likeness (QED) is 0.377. The number of aryl methyl sites for hydroxylation is 1. The van der Waals surface area contributed by atoms with Gasteiger partial charge in [0.25, 0.3) is 10.0 Å². The molecule has 202 valence electrons. The maximum Gasteiger partial charge on any atom is 0.264 e. The smallest absolute Gasteiger partial charge is 0.264 e. The highest BCUT2D eigenvalue weighted by atomic mass is 35.5. The summed E-state index contributed by atoms with van der Waals surface area (Å²) in [7, 11) is -2.61. The zero-order chi connectivity index (χ0) is 27.9. The van der Waals surface area contributed by atoms with E-state index in [1.54, 1.807) is 70.3 Å². The van der Waals surface area contributed by atoms with Gasteiger partial charge in [-0.25, -0.2) is 8.42 Å². The lowest BCUT2D eigenvalue weighted by Gasteiger charge is -2.32. The minimum Gasteiger partial charge on any atom is -0.497 e. The van der Waals surface area contributed by atoms with Gasteiger partial charge < -0.3 is 15.0 Å². The first kappa shape index (κ1) is 29.0. The monoisotopic (exact) mass is 557 g/mol. The number of carbonyl (C=O) groups excluding carboxylic acids is 2. The van der Waals surface area contributed by atoms with Gasteiger partial charge in [0.05, 0.1) is 17.7 Å². The third-order valence-electron chi connectivity index (χ3n) is 6.07. The largest absolute Gasteiger partial charge is 0.497 e. The molecule has 0 aliphatic carbocycles. The Labute approximate surface area is 229 Å². The fourth-order valence-electron chi connectivity index (χ4n) is 3.96. The molecule has 3 aromatic rings. The molecular formula is C28H32ClN3O5S. The van der Waals surface area contributed by atoms with Gasteiger partial charge in [-0.2, -0.15) is 0 Å². The average Bonchev–Trinajstić information content (AvgIpc) is 2.90. The lowest BCUT2D eigenvalue weighted by atomic mass is 10.1. The van der Waals surface area contributed by atoms with Gasteiger partial charge >= 0.3 is 0 Å². The highest BCUT2D eigenvalue weighted by molar-refractivity contribution is 7.92. The molecule has 0 heterocycles. The van der Waals surface area contributed by atoms with Crippen molar-refractivity contribution in [2.24, 2.45) is 0 Å². The average molecular weight is 558 g/mol. The minimum atomic E-state index is -4.16. The van der Waals surface area contributed by atoms with Gasteiger partial charge in [-0.15, -0.1) is 0 Å². The van der Waals surface area contributed by atoms with Crippen LogP contribution in [-0.4, -0.2) is 51.4 Å². The molecule has 0 unspecified atom stereocenters. The minimum absolute atomic E-state index is 0.00549. The Morgan fingerprint density at radius 2 is 1.71 bits per heavy atom. The number of sulfonamides is 1. The van der Waals surface area contributed by atoms with Crippen LogP contribution >= 0.6 is 11.6 Å². The molecule has 10 heteroatoms. The van der Waals surface area contributed by atoms with Crippen LogP contribution in [0.4, 0.5) is 5.69 Å². The third-order valence-corrected chi connectivity index (χ3v) is 8.10. The molecule has 0 saturated carbocycles. The van der Waals surface area contributed by atoms with Crippen LogP contribution in [0.5, 0.6) is 5.75 Å². The Kier molecular flexibility index (Phi) is 9.77. The Balaban J connectivity index is 2.04. The first-order valence-corrected chi connectivity index (χ1v) is 13.9. The van der Waals surface area contributed by atoms with E-state index in [1.165, 1.54) is 29.2 Å². The van der Waals surface area contributed by atoms with E-state index in [0.717, 1.165) is 9.87 Å². The van der Waals surface area contributed by atoms with Crippen molar-refractivity contribution in [3.05, 3.63) is 88.9 Å².